The predicted octanol–water partition coefficient (Wildman–Crippen LogP) is 4.27. The molecule has 0 radical (unpaired) electrons. The standard InChI is InChI=1S/C15H23ClFN/c1-4-12(5-2)15(16)10-18-9-13-8-14(17)7-6-11(13)3/h6-8,12,15,18H,4-5,9-10H2,1-3H3. The summed E-state index contributed by atoms with van der Waals surface area (Å²) in [5, 5.41) is 3.47. The number of nitrogens with one attached hydrogen (secondary N) is 1. The van der Waals surface area contributed by atoms with Crippen molar-refractivity contribution in [3.05, 3.63) is 35.1 Å². The van der Waals surface area contributed by atoms with E-state index < -0.39 is 0 Å². The van der Waals surface area contributed by atoms with Gasteiger partial charge in [0.25, 0.3) is 0 Å². The van der Waals surface area contributed by atoms with Crippen molar-refractivity contribution in [1.29, 1.82) is 0 Å². The fourth-order valence-electron chi connectivity index (χ4n) is 2.14. The summed E-state index contributed by atoms with van der Waals surface area (Å²) in [6.07, 6.45) is 2.21. The smallest absolute Gasteiger partial charge is 0.123 e. The fourth-order valence-corrected chi connectivity index (χ4v) is 2.61. The Morgan fingerprint density at radius 2 is 1.94 bits per heavy atom. The van der Waals surface area contributed by atoms with E-state index in [0.717, 1.165) is 30.5 Å². The van der Waals surface area contributed by atoms with Gasteiger partial charge in [-0.2, -0.15) is 0 Å². The van der Waals surface area contributed by atoms with Gasteiger partial charge < -0.3 is 5.32 Å². The van der Waals surface area contributed by atoms with Gasteiger partial charge in [-0.05, 0) is 36.1 Å². The molecule has 0 aliphatic rings. The predicted molar refractivity (Wildman–Crippen MR) is 76.6 cm³/mol. The molecular weight excluding hydrogens is 249 g/mol. The number of rotatable bonds is 7. The lowest BCUT2D eigenvalue weighted by atomic mass is 9.99. The average molecular weight is 272 g/mol. The first-order valence-corrected chi connectivity index (χ1v) is 7.11. The quantitative estimate of drug-likeness (QED) is 0.731. The molecule has 1 aromatic carbocycles. The molecule has 0 amide bonds. The van der Waals surface area contributed by atoms with Crippen LogP contribution in [-0.2, 0) is 6.54 Å². The first-order valence-electron chi connectivity index (χ1n) is 6.68. The second-order valence-corrected chi connectivity index (χ2v) is 5.35. The summed E-state index contributed by atoms with van der Waals surface area (Å²) in [5.41, 5.74) is 2.11. The zero-order valence-corrected chi connectivity index (χ0v) is 12.2. The molecular formula is C15H23ClFN. The molecule has 0 saturated heterocycles. The van der Waals surface area contributed by atoms with Crippen LogP contribution in [-0.4, -0.2) is 11.9 Å². The molecule has 0 fully saturated rings. The van der Waals surface area contributed by atoms with Crippen LogP contribution in [0.2, 0.25) is 0 Å². The van der Waals surface area contributed by atoms with Crippen LogP contribution in [0, 0.1) is 18.7 Å². The summed E-state index contributed by atoms with van der Waals surface area (Å²) in [6, 6.07) is 4.89. The Bertz CT molecular complexity index is 364. The number of hydrogen-bond donors (Lipinski definition) is 1. The van der Waals surface area contributed by atoms with Crippen LogP contribution in [0.5, 0.6) is 0 Å². The molecule has 102 valence electrons. The molecule has 0 aromatic heterocycles. The number of aryl methyl sites for hydroxylation is 1. The van der Waals surface area contributed by atoms with E-state index in [2.05, 4.69) is 19.2 Å². The minimum Gasteiger partial charge on any atom is -0.311 e. The van der Waals surface area contributed by atoms with Crippen LogP contribution >= 0.6 is 11.6 Å². The minimum absolute atomic E-state index is 0.147. The Labute approximate surface area is 115 Å². The Hall–Kier alpha value is -0.600. The maximum Gasteiger partial charge on any atom is 0.123 e. The Kier molecular flexibility index (Phi) is 6.66. The highest BCUT2D eigenvalue weighted by molar-refractivity contribution is 6.21. The SMILES string of the molecule is CCC(CC)C(Cl)CNCc1cc(F)ccc1C. The number of halogens is 2. The van der Waals surface area contributed by atoms with Crippen LogP contribution in [0.3, 0.4) is 0 Å². The fraction of sp³-hybridized carbons (Fsp3) is 0.600. The molecule has 1 aromatic rings. The van der Waals surface area contributed by atoms with Gasteiger partial charge in [-0.15, -0.1) is 11.6 Å². The highest BCUT2D eigenvalue weighted by Gasteiger charge is 2.15. The first-order chi connectivity index (χ1) is 8.58. The maximum atomic E-state index is 13.1. The van der Waals surface area contributed by atoms with Crippen molar-refractivity contribution in [2.24, 2.45) is 5.92 Å². The summed E-state index contributed by atoms with van der Waals surface area (Å²) < 4.78 is 13.1. The van der Waals surface area contributed by atoms with E-state index in [1.54, 1.807) is 6.07 Å². The second-order valence-electron chi connectivity index (χ2n) is 4.79. The lowest BCUT2D eigenvalue weighted by molar-refractivity contribution is 0.446. The third-order valence-corrected chi connectivity index (χ3v) is 4.04. The van der Waals surface area contributed by atoms with Crippen LogP contribution in [0.1, 0.15) is 37.8 Å². The highest BCUT2D eigenvalue weighted by Crippen LogP contribution is 2.18. The molecule has 1 unspecified atom stereocenters. The van der Waals surface area contributed by atoms with Crippen LogP contribution < -0.4 is 5.32 Å². The van der Waals surface area contributed by atoms with Crippen molar-refractivity contribution in [1.82, 2.24) is 5.32 Å². The Morgan fingerprint density at radius 1 is 1.28 bits per heavy atom. The maximum absolute atomic E-state index is 13.1. The van der Waals surface area contributed by atoms with Gasteiger partial charge in [0.15, 0.2) is 0 Å². The molecule has 1 nitrogen and oxygen atoms in total. The van der Waals surface area contributed by atoms with Gasteiger partial charge in [0.1, 0.15) is 5.82 Å². The summed E-state index contributed by atoms with van der Waals surface area (Å²) in [4.78, 5) is 0. The lowest BCUT2D eigenvalue weighted by Crippen LogP contribution is -2.28. The van der Waals surface area contributed by atoms with Gasteiger partial charge in [-0.1, -0.05) is 32.8 Å². The van der Waals surface area contributed by atoms with E-state index in [1.807, 2.05) is 13.0 Å². The van der Waals surface area contributed by atoms with Gasteiger partial charge >= 0.3 is 0 Å². The van der Waals surface area contributed by atoms with E-state index in [9.17, 15) is 4.39 Å². The Balaban J connectivity index is 2.44. The second kappa shape index (κ2) is 7.75. The van der Waals surface area contributed by atoms with Gasteiger partial charge in [-0.3, -0.25) is 0 Å². The minimum atomic E-state index is -0.181. The van der Waals surface area contributed by atoms with Gasteiger partial charge in [0, 0.05) is 18.5 Å². The van der Waals surface area contributed by atoms with Gasteiger partial charge in [-0.25, -0.2) is 4.39 Å². The molecule has 1 atom stereocenters. The average Bonchev–Trinajstić information content (AvgIpc) is 2.35. The van der Waals surface area contributed by atoms with Crippen LogP contribution in [0.4, 0.5) is 4.39 Å². The van der Waals surface area contributed by atoms with Gasteiger partial charge in [0.2, 0.25) is 0 Å². The third-order valence-electron chi connectivity index (χ3n) is 3.53. The molecule has 18 heavy (non-hydrogen) atoms. The summed E-state index contributed by atoms with van der Waals surface area (Å²) in [7, 11) is 0. The molecule has 0 aliphatic heterocycles. The molecule has 0 aliphatic carbocycles. The number of hydrogen-bond acceptors (Lipinski definition) is 1. The van der Waals surface area contributed by atoms with Crippen molar-refractivity contribution in [2.75, 3.05) is 6.54 Å². The zero-order chi connectivity index (χ0) is 13.5. The van der Waals surface area contributed by atoms with Crippen molar-refractivity contribution in [3.8, 4) is 0 Å². The molecule has 0 heterocycles. The number of benzene rings is 1. The summed E-state index contributed by atoms with van der Waals surface area (Å²) in [6.45, 7) is 7.77. The lowest BCUT2D eigenvalue weighted by Gasteiger charge is -2.19. The highest BCUT2D eigenvalue weighted by atomic mass is 35.5. The van der Waals surface area contributed by atoms with Crippen molar-refractivity contribution >= 4 is 11.6 Å². The molecule has 3 heteroatoms. The normalized spacial score (nSPS) is 13.0. The molecule has 0 bridgehead atoms. The third kappa shape index (κ3) is 4.58. The summed E-state index contributed by atoms with van der Waals surface area (Å²) >= 11 is 6.35. The molecule has 1 N–H and O–H groups in total. The van der Waals surface area contributed by atoms with E-state index in [1.165, 1.54) is 6.07 Å². The van der Waals surface area contributed by atoms with Crippen molar-refractivity contribution in [3.63, 3.8) is 0 Å². The molecule has 1 rings (SSSR count). The zero-order valence-electron chi connectivity index (χ0n) is 11.5. The molecule has 0 saturated carbocycles. The van der Waals surface area contributed by atoms with Crippen molar-refractivity contribution in [2.45, 2.75) is 45.5 Å². The summed E-state index contributed by atoms with van der Waals surface area (Å²) in [5.74, 6) is 0.368. The Morgan fingerprint density at radius 3 is 2.56 bits per heavy atom. The monoisotopic (exact) mass is 271 g/mol. The van der Waals surface area contributed by atoms with E-state index in [-0.39, 0.29) is 11.2 Å². The van der Waals surface area contributed by atoms with E-state index in [0.29, 0.717) is 12.5 Å². The molecule has 0 spiro atoms. The first kappa shape index (κ1) is 15.5. The van der Waals surface area contributed by atoms with Gasteiger partial charge in [0.05, 0.1) is 0 Å². The number of alkyl halides is 1. The van der Waals surface area contributed by atoms with E-state index in [4.69, 9.17) is 11.6 Å². The largest absolute Gasteiger partial charge is 0.311 e. The van der Waals surface area contributed by atoms with Crippen molar-refractivity contribution < 1.29 is 4.39 Å². The topological polar surface area (TPSA) is 12.0 Å². The van der Waals surface area contributed by atoms with Crippen LogP contribution in [0.25, 0.3) is 0 Å². The van der Waals surface area contributed by atoms with E-state index >= 15 is 0 Å². The van der Waals surface area contributed by atoms with Crippen LogP contribution in [0.15, 0.2) is 18.2 Å².